The first kappa shape index (κ1) is 14.6. The van der Waals surface area contributed by atoms with E-state index in [2.05, 4.69) is 10.6 Å². The van der Waals surface area contributed by atoms with Gasteiger partial charge >= 0.3 is 6.03 Å². The molecule has 2 aliphatic rings. The summed E-state index contributed by atoms with van der Waals surface area (Å²) in [6.45, 7) is 1.21. The van der Waals surface area contributed by atoms with Gasteiger partial charge in [-0.1, -0.05) is 12.8 Å². The van der Waals surface area contributed by atoms with Crippen LogP contribution in [-0.4, -0.2) is 36.5 Å². The number of nitrogens with one attached hydrogen (secondary N) is 2. The molecular weight excluding hydrogens is 289 g/mol. The van der Waals surface area contributed by atoms with E-state index in [1.807, 2.05) is 0 Å². The Bertz CT molecular complexity index is 598. The van der Waals surface area contributed by atoms with Crippen molar-refractivity contribution in [1.29, 1.82) is 0 Å². The fraction of sp³-hybridized carbons (Fsp3) is 0.467. The number of amides is 3. The molecule has 3 rings (SSSR count). The van der Waals surface area contributed by atoms with Crippen LogP contribution in [0.2, 0.25) is 0 Å². The molecule has 0 aromatic heterocycles. The second-order valence-electron chi connectivity index (χ2n) is 5.50. The molecule has 1 aromatic carbocycles. The SMILES string of the molecule is O=C1COc2c(F)cc(NC(=O)N3CCCCCC3)cc2N1. The van der Waals surface area contributed by atoms with Gasteiger partial charge in [0.25, 0.3) is 5.91 Å². The summed E-state index contributed by atoms with van der Waals surface area (Å²) < 4.78 is 19.0. The summed E-state index contributed by atoms with van der Waals surface area (Å²) in [5.74, 6) is -0.945. The Labute approximate surface area is 127 Å². The lowest BCUT2D eigenvalue weighted by Crippen LogP contribution is -2.35. The molecule has 2 aliphatic heterocycles. The lowest BCUT2D eigenvalue weighted by molar-refractivity contribution is -0.118. The molecule has 0 bridgehead atoms. The molecule has 0 radical (unpaired) electrons. The molecule has 6 nitrogen and oxygen atoms in total. The second-order valence-corrected chi connectivity index (χ2v) is 5.50. The molecule has 22 heavy (non-hydrogen) atoms. The van der Waals surface area contributed by atoms with Crippen LogP contribution in [0.1, 0.15) is 25.7 Å². The molecule has 0 saturated carbocycles. The van der Waals surface area contributed by atoms with Gasteiger partial charge in [0.2, 0.25) is 0 Å². The smallest absolute Gasteiger partial charge is 0.321 e. The number of rotatable bonds is 1. The third kappa shape index (κ3) is 3.13. The Hall–Kier alpha value is -2.31. The summed E-state index contributed by atoms with van der Waals surface area (Å²) in [5.41, 5.74) is 0.540. The number of likely N-dealkylation sites (tertiary alicyclic amines) is 1. The first-order valence-electron chi connectivity index (χ1n) is 7.45. The number of halogens is 1. The largest absolute Gasteiger partial charge is 0.478 e. The Morgan fingerprint density at radius 3 is 2.68 bits per heavy atom. The number of hydrogen-bond acceptors (Lipinski definition) is 3. The van der Waals surface area contributed by atoms with Crippen molar-refractivity contribution in [3.8, 4) is 5.75 Å². The van der Waals surface area contributed by atoms with Crippen LogP contribution in [-0.2, 0) is 4.79 Å². The first-order valence-corrected chi connectivity index (χ1v) is 7.45. The van der Waals surface area contributed by atoms with Gasteiger partial charge in [-0.25, -0.2) is 9.18 Å². The number of benzene rings is 1. The Kier molecular flexibility index (Phi) is 4.13. The van der Waals surface area contributed by atoms with Gasteiger partial charge in [0.1, 0.15) is 0 Å². The Morgan fingerprint density at radius 1 is 1.23 bits per heavy atom. The minimum atomic E-state index is -0.608. The predicted octanol–water partition coefficient (Wildman–Crippen LogP) is 2.56. The summed E-state index contributed by atoms with van der Waals surface area (Å²) in [5, 5.41) is 5.22. The van der Waals surface area contributed by atoms with E-state index in [0.717, 1.165) is 25.7 Å². The Morgan fingerprint density at radius 2 is 1.95 bits per heavy atom. The van der Waals surface area contributed by atoms with Crippen LogP contribution in [0.3, 0.4) is 0 Å². The maximum atomic E-state index is 14.0. The van der Waals surface area contributed by atoms with Crippen molar-refractivity contribution >= 4 is 23.3 Å². The molecule has 1 fully saturated rings. The van der Waals surface area contributed by atoms with Crippen molar-refractivity contribution in [1.82, 2.24) is 4.90 Å². The van der Waals surface area contributed by atoms with Crippen molar-refractivity contribution < 1.29 is 18.7 Å². The number of fused-ring (bicyclic) bond motifs is 1. The monoisotopic (exact) mass is 307 g/mol. The average Bonchev–Trinajstić information content (AvgIpc) is 2.75. The van der Waals surface area contributed by atoms with Crippen molar-refractivity contribution in [3.63, 3.8) is 0 Å². The number of urea groups is 1. The molecule has 1 saturated heterocycles. The summed E-state index contributed by atoms with van der Waals surface area (Å²) in [6.07, 6.45) is 4.22. The number of anilines is 2. The zero-order valence-electron chi connectivity index (χ0n) is 12.2. The number of nitrogens with zero attached hydrogens (tertiary/aromatic N) is 1. The third-order valence-corrected chi connectivity index (χ3v) is 3.81. The lowest BCUT2D eigenvalue weighted by atomic mass is 10.2. The van der Waals surface area contributed by atoms with Crippen molar-refractivity contribution in [2.75, 3.05) is 30.3 Å². The van der Waals surface area contributed by atoms with Crippen LogP contribution in [0.25, 0.3) is 0 Å². The van der Waals surface area contributed by atoms with Gasteiger partial charge < -0.3 is 20.3 Å². The number of carbonyl (C=O) groups excluding carboxylic acids is 2. The van der Waals surface area contributed by atoms with Crippen molar-refractivity contribution in [2.24, 2.45) is 0 Å². The molecule has 0 unspecified atom stereocenters. The quantitative estimate of drug-likeness (QED) is 0.837. The maximum absolute atomic E-state index is 14.0. The van der Waals surface area contributed by atoms with E-state index < -0.39 is 5.82 Å². The van der Waals surface area contributed by atoms with E-state index >= 15 is 0 Å². The molecular formula is C15H18FN3O3. The molecule has 2 heterocycles. The second kappa shape index (κ2) is 6.21. The fourth-order valence-corrected chi connectivity index (χ4v) is 2.71. The molecule has 1 aromatic rings. The van der Waals surface area contributed by atoms with Gasteiger partial charge in [-0.05, 0) is 18.9 Å². The number of carbonyl (C=O) groups is 2. The molecule has 0 aliphatic carbocycles. The van der Waals surface area contributed by atoms with Gasteiger partial charge in [-0.15, -0.1) is 0 Å². The highest BCUT2D eigenvalue weighted by Gasteiger charge is 2.22. The first-order chi connectivity index (χ1) is 10.6. The van der Waals surface area contributed by atoms with Crippen molar-refractivity contribution in [3.05, 3.63) is 17.9 Å². The van der Waals surface area contributed by atoms with Gasteiger partial charge in [0.05, 0.1) is 5.69 Å². The van der Waals surface area contributed by atoms with E-state index in [9.17, 15) is 14.0 Å². The lowest BCUT2D eigenvalue weighted by Gasteiger charge is -2.22. The summed E-state index contributed by atoms with van der Waals surface area (Å²) in [4.78, 5) is 25.3. The van der Waals surface area contributed by atoms with E-state index in [0.29, 0.717) is 18.8 Å². The molecule has 118 valence electrons. The maximum Gasteiger partial charge on any atom is 0.321 e. The van der Waals surface area contributed by atoms with E-state index in [-0.39, 0.29) is 30.0 Å². The highest BCUT2D eigenvalue weighted by molar-refractivity contribution is 5.97. The fourth-order valence-electron chi connectivity index (χ4n) is 2.71. The average molecular weight is 307 g/mol. The van der Waals surface area contributed by atoms with Gasteiger partial charge in [-0.2, -0.15) is 0 Å². The minimum absolute atomic E-state index is 0.00683. The van der Waals surface area contributed by atoms with Gasteiger partial charge in [0, 0.05) is 24.8 Å². The normalized spacial score (nSPS) is 17.9. The van der Waals surface area contributed by atoms with Gasteiger partial charge in [-0.3, -0.25) is 4.79 Å². The van der Waals surface area contributed by atoms with E-state index in [1.165, 1.54) is 12.1 Å². The molecule has 0 spiro atoms. The number of hydrogen-bond donors (Lipinski definition) is 2. The Balaban J connectivity index is 1.74. The molecule has 3 amide bonds. The highest BCUT2D eigenvalue weighted by atomic mass is 19.1. The van der Waals surface area contributed by atoms with Gasteiger partial charge in [0.15, 0.2) is 18.2 Å². The standard InChI is InChI=1S/C15H18FN3O3/c16-11-7-10(8-12-14(11)22-9-13(20)18-12)17-15(21)19-5-3-1-2-4-6-19/h7-8H,1-6,9H2,(H,17,21)(H,18,20). The van der Waals surface area contributed by atoms with Crippen LogP contribution in [0.15, 0.2) is 12.1 Å². The summed E-state index contributed by atoms with van der Waals surface area (Å²) in [6, 6.07) is 2.46. The topological polar surface area (TPSA) is 70.7 Å². The zero-order chi connectivity index (χ0) is 15.5. The minimum Gasteiger partial charge on any atom is -0.478 e. The number of ether oxygens (including phenoxy) is 1. The third-order valence-electron chi connectivity index (χ3n) is 3.81. The van der Waals surface area contributed by atoms with Crippen LogP contribution in [0, 0.1) is 5.82 Å². The van der Waals surface area contributed by atoms with Crippen molar-refractivity contribution in [2.45, 2.75) is 25.7 Å². The van der Waals surface area contributed by atoms with Crippen LogP contribution < -0.4 is 15.4 Å². The zero-order valence-corrected chi connectivity index (χ0v) is 12.2. The van der Waals surface area contributed by atoms with Crippen LogP contribution in [0.5, 0.6) is 5.75 Å². The molecule has 0 atom stereocenters. The van der Waals surface area contributed by atoms with E-state index in [1.54, 1.807) is 4.90 Å². The summed E-state index contributed by atoms with van der Waals surface area (Å²) >= 11 is 0. The van der Waals surface area contributed by atoms with Crippen LogP contribution in [0.4, 0.5) is 20.6 Å². The summed E-state index contributed by atoms with van der Waals surface area (Å²) in [7, 11) is 0. The molecule has 2 N–H and O–H groups in total. The highest BCUT2D eigenvalue weighted by Crippen LogP contribution is 2.33. The predicted molar refractivity (Wildman–Crippen MR) is 79.6 cm³/mol. The van der Waals surface area contributed by atoms with Crippen LogP contribution >= 0.6 is 0 Å². The van der Waals surface area contributed by atoms with E-state index in [4.69, 9.17) is 4.74 Å². The molecule has 7 heteroatoms.